The van der Waals surface area contributed by atoms with Crippen LogP contribution in [0.2, 0.25) is 0 Å². The summed E-state index contributed by atoms with van der Waals surface area (Å²) in [5.41, 5.74) is 2.01. The third-order valence-electron chi connectivity index (χ3n) is 3.28. The molecule has 1 amide bonds. The van der Waals surface area contributed by atoms with Gasteiger partial charge in [0.1, 0.15) is 6.04 Å². The van der Waals surface area contributed by atoms with Gasteiger partial charge in [0.05, 0.1) is 13.2 Å². The van der Waals surface area contributed by atoms with Crippen molar-refractivity contribution >= 4 is 11.9 Å². The van der Waals surface area contributed by atoms with Crippen molar-refractivity contribution in [3.63, 3.8) is 0 Å². The minimum absolute atomic E-state index is 0.0105. The van der Waals surface area contributed by atoms with E-state index in [1.807, 2.05) is 31.2 Å². The maximum absolute atomic E-state index is 11.8. The van der Waals surface area contributed by atoms with E-state index in [4.69, 9.17) is 9.84 Å². The Kier molecular flexibility index (Phi) is 8.17. The molecule has 0 heterocycles. The molecule has 1 atom stereocenters. The lowest BCUT2D eigenvalue weighted by Crippen LogP contribution is -2.42. The average Bonchev–Trinajstić information content (AvgIpc) is 2.50. The van der Waals surface area contributed by atoms with Crippen LogP contribution in [0.25, 0.3) is 0 Å². The molecule has 0 bridgehead atoms. The number of benzene rings is 1. The summed E-state index contributed by atoms with van der Waals surface area (Å²) in [5.74, 6) is -1.16. The molecule has 0 aliphatic rings. The molecule has 1 aromatic rings. The maximum atomic E-state index is 11.8. The summed E-state index contributed by atoms with van der Waals surface area (Å²) in [6, 6.07) is 7.02. The normalized spacial score (nSPS) is 11.9. The van der Waals surface area contributed by atoms with Crippen LogP contribution in [0, 0.1) is 0 Å². The summed E-state index contributed by atoms with van der Waals surface area (Å²) in [6.07, 6.45) is 1.25. The largest absolute Gasteiger partial charge is 0.480 e. The molecular formula is C16H24N2O4. The highest BCUT2D eigenvalue weighted by atomic mass is 16.5. The van der Waals surface area contributed by atoms with Crippen molar-refractivity contribution in [3.05, 3.63) is 35.4 Å². The van der Waals surface area contributed by atoms with E-state index in [0.29, 0.717) is 19.6 Å². The number of hydrogen-bond donors (Lipinski definition) is 3. The van der Waals surface area contributed by atoms with Crippen molar-refractivity contribution in [2.75, 3.05) is 13.7 Å². The van der Waals surface area contributed by atoms with Crippen LogP contribution in [0.3, 0.4) is 0 Å². The molecule has 22 heavy (non-hydrogen) atoms. The van der Waals surface area contributed by atoms with E-state index in [2.05, 4.69) is 10.6 Å². The molecule has 1 unspecified atom stereocenters. The first-order chi connectivity index (χ1) is 10.6. The third-order valence-corrected chi connectivity index (χ3v) is 3.28. The third kappa shape index (κ3) is 6.24. The molecular weight excluding hydrogens is 284 g/mol. The zero-order valence-corrected chi connectivity index (χ0v) is 13.1. The van der Waals surface area contributed by atoms with Crippen LogP contribution < -0.4 is 10.6 Å². The van der Waals surface area contributed by atoms with Crippen molar-refractivity contribution in [1.29, 1.82) is 0 Å². The molecule has 1 aromatic carbocycles. The number of ether oxygens (including phenoxy) is 1. The molecule has 0 saturated heterocycles. The highest BCUT2D eigenvalue weighted by molar-refractivity contribution is 5.79. The highest BCUT2D eigenvalue weighted by Crippen LogP contribution is 2.09. The molecule has 6 heteroatoms. The SMILES string of the molecule is CCCC(NCC(=O)NCc1ccccc1COC)C(=O)O. The van der Waals surface area contributed by atoms with Gasteiger partial charge in [0, 0.05) is 13.7 Å². The number of aliphatic carboxylic acids is 1. The Morgan fingerprint density at radius 3 is 2.55 bits per heavy atom. The van der Waals surface area contributed by atoms with Crippen molar-refractivity contribution in [1.82, 2.24) is 10.6 Å². The van der Waals surface area contributed by atoms with Crippen LogP contribution in [0.5, 0.6) is 0 Å². The molecule has 0 fully saturated rings. The molecule has 1 rings (SSSR count). The fraction of sp³-hybridized carbons (Fsp3) is 0.500. The van der Waals surface area contributed by atoms with Gasteiger partial charge in [-0.25, -0.2) is 0 Å². The van der Waals surface area contributed by atoms with E-state index in [1.165, 1.54) is 0 Å². The summed E-state index contributed by atoms with van der Waals surface area (Å²) in [4.78, 5) is 22.8. The lowest BCUT2D eigenvalue weighted by Gasteiger charge is -2.14. The van der Waals surface area contributed by atoms with Gasteiger partial charge in [0.15, 0.2) is 0 Å². The van der Waals surface area contributed by atoms with E-state index in [0.717, 1.165) is 17.5 Å². The number of methoxy groups -OCH3 is 1. The van der Waals surface area contributed by atoms with E-state index in [1.54, 1.807) is 7.11 Å². The number of carbonyl (C=O) groups is 2. The smallest absolute Gasteiger partial charge is 0.320 e. The first kappa shape index (κ1) is 18.1. The summed E-state index contributed by atoms with van der Waals surface area (Å²) in [7, 11) is 1.62. The molecule has 0 aromatic heterocycles. The fourth-order valence-electron chi connectivity index (χ4n) is 2.10. The zero-order valence-electron chi connectivity index (χ0n) is 13.1. The second-order valence-electron chi connectivity index (χ2n) is 5.04. The predicted octanol–water partition coefficient (Wildman–Crippen LogP) is 1.29. The van der Waals surface area contributed by atoms with E-state index < -0.39 is 12.0 Å². The Bertz CT molecular complexity index is 491. The monoisotopic (exact) mass is 308 g/mol. The van der Waals surface area contributed by atoms with Gasteiger partial charge in [0.2, 0.25) is 5.91 Å². The number of nitrogens with one attached hydrogen (secondary N) is 2. The standard InChI is InChI=1S/C16H24N2O4/c1-3-6-14(16(20)21)17-10-15(19)18-9-12-7-4-5-8-13(12)11-22-2/h4-5,7-8,14,17H,3,6,9-11H2,1-2H3,(H,18,19)(H,20,21). The zero-order chi connectivity index (χ0) is 16.4. The maximum Gasteiger partial charge on any atom is 0.320 e. The van der Waals surface area contributed by atoms with Crippen molar-refractivity contribution < 1.29 is 19.4 Å². The number of amides is 1. The molecule has 0 aliphatic heterocycles. The van der Waals surface area contributed by atoms with Gasteiger partial charge in [-0.2, -0.15) is 0 Å². The van der Waals surface area contributed by atoms with Crippen LogP contribution in [0.1, 0.15) is 30.9 Å². The summed E-state index contributed by atoms with van der Waals surface area (Å²) in [5, 5.41) is 14.6. The Balaban J connectivity index is 2.44. The van der Waals surface area contributed by atoms with E-state index in [9.17, 15) is 9.59 Å². The van der Waals surface area contributed by atoms with Gasteiger partial charge >= 0.3 is 5.97 Å². The Labute approximate surface area is 130 Å². The lowest BCUT2D eigenvalue weighted by molar-refractivity contribution is -0.139. The van der Waals surface area contributed by atoms with Crippen LogP contribution in [0.4, 0.5) is 0 Å². The molecule has 122 valence electrons. The first-order valence-corrected chi connectivity index (χ1v) is 7.37. The number of carboxylic acid groups (broad SMARTS) is 1. The first-order valence-electron chi connectivity index (χ1n) is 7.37. The van der Waals surface area contributed by atoms with E-state index in [-0.39, 0.29) is 12.5 Å². The highest BCUT2D eigenvalue weighted by Gasteiger charge is 2.16. The molecule has 0 aliphatic carbocycles. The van der Waals surface area contributed by atoms with Gasteiger partial charge in [-0.3, -0.25) is 14.9 Å². The van der Waals surface area contributed by atoms with Gasteiger partial charge in [0.25, 0.3) is 0 Å². The van der Waals surface area contributed by atoms with Gasteiger partial charge in [-0.15, -0.1) is 0 Å². The summed E-state index contributed by atoms with van der Waals surface area (Å²) < 4.78 is 5.12. The van der Waals surface area contributed by atoms with Crippen LogP contribution >= 0.6 is 0 Å². The molecule has 0 radical (unpaired) electrons. The van der Waals surface area contributed by atoms with Crippen molar-refractivity contribution in [3.8, 4) is 0 Å². The topological polar surface area (TPSA) is 87.7 Å². The summed E-state index contributed by atoms with van der Waals surface area (Å²) >= 11 is 0. The van der Waals surface area contributed by atoms with Gasteiger partial charge in [-0.05, 0) is 17.5 Å². The van der Waals surface area contributed by atoms with Crippen LogP contribution in [-0.4, -0.2) is 36.7 Å². The second kappa shape index (κ2) is 9.92. The average molecular weight is 308 g/mol. The summed E-state index contributed by atoms with van der Waals surface area (Å²) in [6.45, 7) is 2.78. The van der Waals surface area contributed by atoms with Gasteiger partial charge in [-0.1, -0.05) is 37.6 Å². The van der Waals surface area contributed by atoms with Crippen LogP contribution in [0.15, 0.2) is 24.3 Å². The number of rotatable bonds is 10. The second-order valence-corrected chi connectivity index (χ2v) is 5.04. The molecule has 3 N–H and O–H groups in total. The quantitative estimate of drug-likeness (QED) is 0.606. The Morgan fingerprint density at radius 1 is 1.27 bits per heavy atom. The number of hydrogen-bond acceptors (Lipinski definition) is 4. The Morgan fingerprint density at radius 2 is 1.95 bits per heavy atom. The van der Waals surface area contributed by atoms with Gasteiger partial charge < -0.3 is 15.2 Å². The number of carboxylic acids is 1. The molecule has 0 saturated carbocycles. The van der Waals surface area contributed by atoms with Crippen molar-refractivity contribution in [2.45, 2.75) is 39.0 Å². The van der Waals surface area contributed by atoms with Crippen molar-refractivity contribution in [2.24, 2.45) is 0 Å². The number of carbonyl (C=O) groups excluding carboxylic acids is 1. The molecule has 6 nitrogen and oxygen atoms in total. The Hall–Kier alpha value is -1.92. The lowest BCUT2D eigenvalue weighted by atomic mass is 10.1. The van der Waals surface area contributed by atoms with E-state index >= 15 is 0 Å². The minimum Gasteiger partial charge on any atom is -0.480 e. The fourth-order valence-corrected chi connectivity index (χ4v) is 2.10. The molecule has 0 spiro atoms. The minimum atomic E-state index is -0.930. The predicted molar refractivity (Wildman–Crippen MR) is 83.3 cm³/mol. The van der Waals surface area contributed by atoms with Crippen LogP contribution in [-0.2, 0) is 27.5 Å².